The standard InChI is InChI=1S/C18H26ClN5O2/c19-13-11-21-18(22-12-13)24-8-6-23(7-9-24)17(25)10-14-3-4-16(26-14)15-2-1-5-20-15/h11-12,14-16,20H,1-10H2/t14-,15+,16+/m1/s1. The average molecular weight is 380 g/mol. The van der Waals surface area contributed by atoms with E-state index in [1.807, 2.05) is 4.90 Å². The van der Waals surface area contributed by atoms with E-state index < -0.39 is 0 Å². The number of hydrogen-bond donors (Lipinski definition) is 1. The average Bonchev–Trinajstić information content (AvgIpc) is 3.34. The Hall–Kier alpha value is -1.44. The summed E-state index contributed by atoms with van der Waals surface area (Å²) in [4.78, 5) is 25.2. The third kappa shape index (κ3) is 4.10. The van der Waals surface area contributed by atoms with Gasteiger partial charge in [0.15, 0.2) is 0 Å². The summed E-state index contributed by atoms with van der Waals surface area (Å²) < 4.78 is 6.16. The van der Waals surface area contributed by atoms with Gasteiger partial charge in [0.25, 0.3) is 0 Å². The second-order valence-electron chi connectivity index (χ2n) is 7.35. The monoisotopic (exact) mass is 379 g/mol. The van der Waals surface area contributed by atoms with Crippen molar-refractivity contribution in [2.45, 2.75) is 50.4 Å². The number of carbonyl (C=O) groups is 1. The van der Waals surface area contributed by atoms with Gasteiger partial charge < -0.3 is 19.9 Å². The van der Waals surface area contributed by atoms with E-state index in [9.17, 15) is 4.79 Å². The first kappa shape index (κ1) is 17.9. The number of amides is 1. The van der Waals surface area contributed by atoms with Crippen LogP contribution < -0.4 is 10.2 Å². The summed E-state index contributed by atoms with van der Waals surface area (Å²) in [6, 6.07) is 0.484. The summed E-state index contributed by atoms with van der Waals surface area (Å²) in [5.74, 6) is 0.874. The summed E-state index contributed by atoms with van der Waals surface area (Å²) >= 11 is 5.84. The van der Waals surface area contributed by atoms with Crippen molar-refractivity contribution in [2.24, 2.45) is 0 Å². The molecule has 4 heterocycles. The molecule has 7 nitrogen and oxygen atoms in total. The molecular weight excluding hydrogens is 354 g/mol. The van der Waals surface area contributed by atoms with Crippen molar-refractivity contribution in [3.8, 4) is 0 Å². The zero-order chi connectivity index (χ0) is 17.9. The molecule has 3 fully saturated rings. The largest absolute Gasteiger partial charge is 0.373 e. The minimum absolute atomic E-state index is 0.0764. The van der Waals surface area contributed by atoms with E-state index in [1.54, 1.807) is 12.4 Å². The number of piperazine rings is 1. The Bertz CT molecular complexity index is 615. The molecule has 26 heavy (non-hydrogen) atoms. The molecule has 1 aromatic rings. The van der Waals surface area contributed by atoms with Gasteiger partial charge in [0.2, 0.25) is 11.9 Å². The van der Waals surface area contributed by atoms with E-state index >= 15 is 0 Å². The SMILES string of the molecule is O=C(C[C@H]1CC[C@@H]([C@@H]2CCCN2)O1)N1CCN(c2ncc(Cl)cn2)CC1. The van der Waals surface area contributed by atoms with Crippen LogP contribution in [0.1, 0.15) is 32.1 Å². The molecule has 0 saturated carbocycles. The summed E-state index contributed by atoms with van der Waals surface area (Å²) in [5.41, 5.74) is 0. The second-order valence-corrected chi connectivity index (χ2v) is 7.79. The molecule has 0 bridgehead atoms. The quantitative estimate of drug-likeness (QED) is 0.854. The first-order chi connectivity index (χ1) is 12.7. The highest BCUT2D eigenvalue weighted by atomic mass is 35.5. The van der Waals surface area contributed by atoms with Crippen LogP contribution in [0.4, 0.5) is 5.95 Å². The molecule has 1 N–H and O–H groups in total. The minimum atomic E-state index is 0.0764. The number of rotatable bonds is 4. The van der Waals surface area contributed by atoms with Gasteiger partial charge in [-0.1, -0.05) is 11.6 Å². The molecule has 0 spiro atoms. The van der Waals surface area contributed by atoms with Crippen molar-refractivity contribution < 1.29 is 9.53 Å². The van der Waals surface area contributed by atoms with Crippen molar-refractivity contribution in [3.63, 3.8) is 0 Å². The normalized spacial score (nSPS) is 29.3. The van der Waals surface area contributed by atoms with Crippen molar-refractivity contribution in [1.29, 1.82) is 0 Å². The van der Waals surface area contributed by atoms with Crippen LogP contribution in [0, 0.1) is 0 Å². The molecule has 0 aliphatic carbocycles. The highest BCUT2D eigenvalue weighted by Crippen LogP contribution is 2.28. The van der Waals surface area contributed by atoms with Crippen molar-refractivity contribution in [2.75, 3.05) is 37.6 Å². The lowest BCUT2D eigenvalue weighted by atomic mass is 10.1. The molecule has 3 saturated heterocycles. The van der Waals surface area contributed by atoms with Crippen molar-refractivity contribution in [3.05, 3.63) is 17.4 Å². The summed E-state index contributed by atoms with van der Waals surface area (Å²) in [6.45, 7) is 3.98. The van der Waals surface area contributed by atoms with Crippen LogP contribution in [0.15, 0.2) is 12.4 Å². The molecule has 142 valence electrons. The molecule has 8 heteroatoms. The van der Waals surface area contributed by atoms with Crippen LogP contribution in [-0.2, 0) is 9.53 Å². The van der Waals surface area contributed by atoms with Crippen molar-refractivity contribution >= 4 is 23.5 Å². The van der Waals surface area contributed by atoms with E-state index in [4.69, 9.17) is 16.3 Å². The molecule has 4 rings (SSSR count). The molecule has 1 aromatic heterocycles. The Morgan fingerprint density at radius 1 is 1.19 bits per heavy atom. The van der Waals surface area contributed by atoms with Gasteiger partial charge in [-0.05, 0) is 32.2 Å². The molecular formula is C18H26ClN5O2. The maximum absolute atomic E-state index is 12.6. The summed E-state index contributed by atoms with van der Waals surface area (Å²) in [6.07, 6.45) is 8.56. The fourth-order valence-corrected chi connectivity index (χ4v) is 4.25. The highest BCUT2D eigenvalue weighted by Gasteiger charge is 2.35. The molecule has 3 atom stereocenters. The van der Waals surface area contributed by atoms with Gasteiger partial charge in [0.05, 0.1) is 36.0 Å². The fraction of sp³-hybridized carbons (Fsp3) is 0.722. The van der Waals surface area contributed by atoms with Crippen LogP contribution in [-0.4, -0.2) is 71.7 Å². The predicted octanol–water partition coefficient (Wildman–Crippen LogP) is 1.47. The Balaban J connectivity index is 1.23. The minimum Gasteiger partial charge on any atom is -0.373 e. The van der Waals surface area contributed by atoms with E-state index in [0.29, 0.717) is 36.5 Å². The predicted molar refractivity (Wildman–Crippen MR) is 99.4 cm³/mol. The number of nitrogens with one attached hydrogen (secondary N) is 1. The second kappa shape index (κ2) is 8.06. The molecule has 3 aliphatic rings. The molecule has 3 aliphatic heterocycles. The summed E-state index contributed by atoms with van der Waals surface area (Å²) in [5, 5.41) is 4.05. The lowest BCUT2D eigenvalue weighted by Crippen LogP contribution is -2.49. The van der Waals surface area contributed by atoms with E-state index in [0.717, 1.165) is 32.5 Å². The van der Waals surface area contributed by atoms with Gasteiger partial charge in [-0.15, -0.1) is 0 Å². The van der Waals surface area contributed by atoms with Crippen LogP contribution >= 0.6 is 11.6 Å². The smallest absolute Gasteiger partial charge is 0.225 e. The maximum atomic E-state index is 12.6. The zero-order valence-electron chi connectivity index (χ0n) is 14.9. The molecule has 0 aromatic carbocycles. The number of nitrogens with zero attached hydrogens (tertiary/aromatic N) is 4. The van der Waals surface area contributed by atoms with Gasteiger partial charge in [-0.25, -0.2) is 9.97 Å². The van der Waals surface area contributed by atoms with E-state index in [2.05, 4.69) is 20.2 Å². The summed E-state index contributed by atoms with van der Waals surface area (Å²) in [7, 11) is 0. The van der Waals surface area contributed by atoms with Gasteiger partial charge in [-0.3, -0.25) is 4.79 Å². The fourth-order valence-electron chi connectivity index (χ4n) is 4.16. The Morgan fingerprint density at radius 3 is 2.65 bits per heavy atom. The lowest BCUT2D eigenvalue weighted by Gasteiger charge is -2.35. The van der Waals surface area contributed by atoms with E-state index in [1.165, 1.54) is 12.8 Å². The van der Waals surface area contributed by atoms with Gasteiger partial charge in [0.1, 0.15) is 0 Å². The topological polar surface area (TPSA) is 70.6 Å². The number of halogens is 1. The van der Waals surface area contributed by atoms with Crippen LogP contribution in [0.5, 0.6) is 0 Å². The number of ether oxygens (including phenoxy) is 1. The zero-order valence-corrected chi connectivity index (χ0v) is 15.7. The first-order valence-corrected chi connectivity index (χ1v) is 9.96. The number of hydrogen-bond acceptors (Lipinski definition) is 6. The van der Waals surface area contributed by atoms with Crippen LogP contribution in [0.2, 0.25) is 5.02 Å². The highest BCUT2D eigenvalue weighted by molar-refractivity contribution is 6.30. The van der Waals surface area contributed by atoms with E-state index in [-0.39, 0.29) is 18.1 Å². The first-order valence-electron chi connectivity index (χ1n) is 9.58. The van der Waals surface area contributed by atoms with Gasteiger partial charge >= 0.3 is 0 Å². The Labute approximate surface area is 159 Å². The molecule has 0 radical (unpaired) electrons. The third-order valence-corrected chi connectivity index (χ3v) is 5.81. The van der Waals surface area contributed by atoms with Crippen LogP contribution in [0.3, 0.4) is 0 Å². The van der Waals surface area contributed by atoms with Crippen LogP contribution in [0.25, 0.3) is 0 Å². The Kier molecular flexibility index (Phi) is 5.57. The number of carbonyl (C=O) groups excluding carboxylic acids is 1. The van der Waals surface area contributed by atoms with Gasteiger partial charge in [0, 0.05) is 32.2 Å². The molecule has 1 amide bonds. The van der Waals surface area contributed by atoms with Crippen molar-refractivity contribution in [1.82, 2.24) is 20.2 Å². The maximum Gasteiger partial charge on any atom is 0.225 e. The van der Waals surface area contributed by atoms with Gasteiger partial charge in [-0.2, -0.15) is 0 Å². The third-order valence-electron chi connectivity index (χ3n) is 5.61. The number of aromatic nitrogens is 2. The lowest BCUT2D eigenvalue weighted by molar-refractivity contribution is -0.134. The molecule has 0 unspecified atom stereocenters. The number of anilines is 1. The Morgan fingerprint density at radius 2 is 1.96 bits per heavy atom.